The highest BCUT2D eigenvalue weighted by atomic mass is 32.1. The van der Waals surface area contributed by atoms with Crippen molar-refractivity contribution in [3.8, 4) is 10.6 Å². The Bertz CT molecular complexity index is 968. The predicted molar refractivity (Wildman–Crippen MR) is 112 cm³/mol. The average molecular weight is 412 g/mol. The third-order valence-electron chi connectivity index (χ3n) is 4.75. The summed E-state index contributed by atoms with van der Waals surface area (Å²) in [5.74, 6) is -0.732. The van der Waals surface area contributed by atoms with Gasteiger partial charge >= 0.3 is 0 Å². The number of para-hydroxylation sites is 1. The lowest BCUT2D eigenvalue weighted by molar-refractivity contribution is -0.115. The molecular weight excluding hydrogens is 389 g/mol. The molecule has 0 radical (unpaired) electrons. The van der Waals surface area contributed by atoms with Crippen molar-refractivity contribution in [2.45, 2.75) is 13.0 Å². The lowest BCUT2D eigenvalue weighted by Crippen LogP contribution is -2.35. The molecule has 0 aliphatic carbocycles. The number of anilines is 1. The fourth-order valence-electron chi connectivity index (χ4n) is 3.21. The summed E-state index contributed by atoms with van der Waals surface area (Å²) in [6.45, 7) is 4.44. The second-order valence-electron chi connectivity index (χ2n) is 6.93. The van der Waals surface area contributed by atoms with Crippen LogP contribution >= 0.6 is 11.3 Å². The van der Waals surface area contributed by atoms with Crippen molar-refractivity contribution in [2.24, 2.45) is 0 Å². The number of aromatic nitrogens is 1. The van der Waals surface area contributed by atoms with E-state index in [1.165, 1.54) is 29.0 Å². The molecule has 150 valence electrons. The summed E-state index contributed by atoms with van der Waals surface area (Å²) in [5.41, 5.74) is 3.15. The molecule has 7 heteroatoms. The highest BCUT2D eigenvalue weighted by Gasteiger charge is 2.13. The number of hydrogen-bond acceptors (Lipinski definition) is 5. The van der Waals surface area contributed by atoms with Gasteiger partial charge in [0.25, 0.3) is 0 Å². The highest BCUT2D eigenvalue weighted by Crippen LogP contribution is 2.25. The SMILES string of the molecule is O=C(Cc1csc(-c2ccc(CN3CCOCC3)cc2)n1)Nc1ccccc1F. The molecule has 1 aliphatic heterocycles. The fraction of sp³-hybridized carbons (Fsp3) is 0.273. The first-order valence-corrected chi connectivity index (χ1v) is 10.4. The van der Waals surface area contributed by atoms with Crippen LogP contribution in [0, 0.1) is 5.82 Å². The molecule has 1 aliphatic rings. The van der Waals surface area contributed by atoms with Gasteiger partial charge in [-0.15, -0.1) is 11.3 Å². The Labute approximate surface area is 173 Å². The van der Waals surface area contributed by atoms with Gasteiger partial charge < -0.3 is 10.1 Å². The van der Waals surface area contributed by atoms with Crippen LogP contribution in [0.1, 0.15) is 11.3 Å². The average Bonchev–Trinajstić information content (AvgIpc) is 3.19. The van der Waals surface area contributed by atoms with Crippen LogP contribution < -0.4 is 5.32 Å². The quantitative estimate of drug-likeness (QED) is 0.667. The Morgan fingerprint density at radius 1 is 1.14 bits per heavy atom. The van der Waals surface area contributed by atoms with Crippen LogP contribution in [0.4, 0.5) is 10.1 Å². The molecule has 2 aromatic carbocycles. The van der Waals surface area contributed by atoms with E-state index < -0.39 is 5.82 Å². The van der Waals surface area contributed by atoms with E-state index in [0.717, 1.165) is 43.4 Å². The largest absolute Gasteiger partial charge is 0.379 e. The number of carbonyl (C=O) groups is 1. The van der Waals surface area contributed by atoms with Gasteiger partial charge in [0, 0.05) is 30.6 Å². The van der Waals surface area contributed by atoms with Gasteiger partial charge in [-0.2, -0.15) is 0 Å². The van der Waals surface area contributed by atoms with E-state index in [1.54, 1.807) is 12.1 Å². The zero-order valence-electron chi connectivity index (χ0n) is 15.9. The van der Waals surface area contributed by atoms with Gasteiger partial charge in [0.2, 0.25) is 5.91 Å². The molecule has 1 fully saturated rings. The molecular formula is C22H22FN3O2S. The van der Waals surface area contributed by atoms with Crippen molar-refractivity contribution in [1.82, 2.24) is 9.88 Å². The molecule has 0 unspecified atom stereocenters. The molecule has 1 amide bonds. The molecule has 29 heavy (non-hydrogen) atoms. The summed E-state index contributed by atoms with van der Waals surface area (Å²) in [7, 11) is 0. The van der Waals surface area contributed by atoms with Gasteiger partial charge in [-0.05, 0) is 17.7 Å². The van der Waals surface area contributed by atoms with Crippen LogP contribution in [0.3, 0.4) is 0 Å². The monoisotopic (exact) mass is 411 g/mol. The number of hydrogen-bond donors (Lipinski definition) is 1. The first-order chi connectivity index (χ1) is 14.2. The molecule has 1 N–H and O–H groups in total. The zero-order chi connectivity index (χ0) is 20.1. The Hall–Kier alpha value is -2.61. The number of morpholine rings is 1. The summed E-state index contributed by atoms with van der Waals surface area (Å²) in [5, 5.41) is 5.34. The van der Waals surface area contributed by atoms with Crippen molar-refractivity contribution in [3.05, 3.63) is 71.0 Å². The van der Waals surface area contributed by atoms with Gasteiger partial charge in [-0.25, -0.2) is 9.37 Å². The summed E-state index contributed by atoms with van der Waals surface area (Å²) in [6, 6.07) is 14.5. The molecule has 1 aromatic heterocycles. The molecule has 1 saturated heterocycles. The number of rotatable bonds is 6. The van der Waals surface area contributed by atoms with Crippen LogP contribution in [-0.4, -0.2) is 42.1 Å². The zero-order valence-corrected chi connectivity index (χ0v) is 16.8. The van der Waals surface area contributed by atoms with Crippen LogP contribution in [0.25, 0.3) is 10.6 Å². The lowest BCUT2D eigenvalue weighted by atomic mass is 10.1. The van der Waals surface area contributed by atoms with E-state index in [0.29, 0.717) is 5.69 Å². The second-order valence-corrected chi connectivity index (χ2v) is 7.79. The Morgan fingerprint density at radius 3 is 2.66 bits per heavy atom. The summed E-state index contributed by atoms with van der Waals surface area (Å²) in [6.07, 6.45) is 0.111. The highest BCUT2D eigenvalue weighted by molar-refractivity contribution is 7.13. The molecule has 0 bridgehead atoms. The minimum absolute atomic E-state index is 0.111. The van der Waals surface area contributed by atoms with Crippen LogP contribution in [0.15, 0.2) is 53.9 Å². The van der Waals surface area contributed by atoms with Crippen LogP contribution in [-0.2, 0) is 22.5 Å². The van der Waals surface area contributed by atoms with Gasteiger partial charge in [0.1, 0.15) is 10.8 Å². The molecule has 3 aromatic rings. The Morgan fingerprint density at radius 2 is 1.90 bits per heavy atom. The molecule has 2 heterocycles. The topological polar surface area (TPSA) is 54.5 Å². The summed E-state index contributed by atoms with van der Waals surface area (Å²) < 4.78 is 19.0. The first-order valence-electron chi connectivity index (χ1n) is 9.55. The van der Waals surface area contributed by atoms with E-state index >= 15 is 0 Å². The number of ether oxygens (including phenoxy) is 1. The maximum absolute atomic E-state index is 13.7. The Balaban J connectivity index is 1.35. The van der Waals surface area contributed by atoms with Crippen molar-refractivity contribution in [3.63, 3.8) is 0 Å². The van der Waals surface area contributed by atoms with E-state index in [9.17, 15) is 9.18 Å². The van der Waals surface area contributed by atoms with Crippen LogP contribution in [0.2, 0.25) is 0 Å². The van der Waals surface area contributed by atoms with Crippen molar-refractivity contribution >= 4 is 22.9 Å². The first kappa shape index (κ1) is 19.7. The van der Waals surface area contributed by atoms with Crippen LogP contribution in [0.5, 0.6) is 0 Å². The Kier molecular flexibility index (Phi) is 6.29. The molecule has 0 spiro atoms. The maximum Gasteiger partial charge on any atom is 0.230 e. The smallest absolute Gasteiger partial charge is 0.230 e. The molecule has 0 saturated carbocycles. The minimum atomic E-state index is -0.447. The fourth-order valence-corrected chi connectivity index (χ4v) is 4.04. The van der Waals surface area contributed by atoms with E-state index in [2.05, 4.69) is 39.5 Å². The van der Waals surface area contributed by atoms with Crippen molar-refractivity contribution in [2.75, 3.05) is 31.6 Å². The van der Waals surface area contributed by atoms with Gasteiger partial charge in [0.05, 0.1) is 31.0 Å². The molecule has 5 nitrogen and oxygen atoms in total. The normalized spacial score (nSPS) is 14.7. The predicted octanol–water partition coefficient (Wildman–Crippen LogP) is 3.96. The van der Waals surface area contributed by atoms with Gasteiger partial charge in [-0.3, -0.25) is 9.69 Å². The van der Waals surface area contributed by atoms with E-state index in [-0.39, 0.29) is 18.0 Å². The summed E-state index contributed by atoms with van der Waals surface area (Å²) in [4.78, 5) is 19.1. The maximum atomic E-state index is 13.7. The van der Waals surface area contributed by atoms with Gasteiger partial charge in [0.15, 0.2) is 0 Å². The van der Waals surface area contributed by atoms with E-state index in [1.807, 2.05) is 5.38 Å². The number of amides is 1. The van der Waals surface area contributed by atoms with Crippen molar-refractivity contribution in [1.29, 1.82) is 0 Å². The number of benzene rings is 2. The molecule has 4 rings (SSSR count). The number of nitrogens with one attached hydrogen (secondary N) is 1. The molecule has 0 atom stereocenters. The third-order valence-corrected chi connectivity index (χ3v) is 5.69. The lowest BCUT2D eigenvalue weighted by Gasteiger charge is -2.26. The third kappa shape index (κ3) is 5.26. The second kappa shape index (κ2) is 9.26. The number of thiazole rings is 1. The summed E-state index contributed by atoms with van der Waals surface area (Å²) >= 11 is 1.50. The van der Waals surface area contributed by atoms with Gasteiger partial charge in [-0.1, -0.05) is 36.4 Å². The number of carbonyl (C=O) groups excluding carboxylic acids is 1. The minimum Gasteiger partial charge on any atom is -0.379 e. The standard InChI is InChI=1S/C22H22FN3O2S/c23-19-3-1-2-4-20(19)25-21(27)13-18-15-29-22(24-18)17-7-5-16(6-8-17)14-26-9-11-28-12-10-26/h1-8,15H,9-14H2,(H,25,27). The van der Waals surface area contributed by atoms with Crippen molar-refractivity contribution < 1.29 is 13.9 Å². The van der Waals surface area contributed by atoms with E-state index in [4.69, 9.17) is 4.74 Å². The number of nitrogens with zero attached hydrogens (tertiary/aromatic N) is 2. The number of halogens is 1.